The molecule has 28 heavy (non-hydrogen) atoms. The Morgan fingerprint density at radius 1 is 1.04 bits per heavy atom. The summed E-state index contributed by atoms with van der Waals surface area (Å²) in [6.07, 6.45) is -0.466. The highest BCUT2D eigenvalue weighted by molar-refractivity contribution is 5.94. The summed E-state index contributed by atoms with van der Waals surface area (Å²) in [6.45, 7) is 4.75. The molecule has 0 aliphatic rings. The summed E-state index contributed by atoms with van der Waals surface area (Å²) in [6, 6.07) is 8.02. The fourth-order valence-corrected chi connectivity index (χ4v) is 2.41. The van der Waals surface area contributed by atoms with E-state index in [4.69, 9.17) is 0 Å². The van der Waals surface area contributed by atoms with Crippen LogP contribution in [0.4, 0.5) is 13.2 Å². The second-order valence-corrected chi connectivity index (χ2v) is 5.94. The molecular formula is C19H24F3N5O. The molecule has 1 heterocycles. The fraction of sp³-hybridized carbons (Fsp3) is 0.368. The average molecular weight is 395 g/mol. The number of aliphatic imine (C=N–C) groups is 1. The van der Waals surface area contributed by atoms with Crippen molar-refractivity contribution in [1.82, 2.24) is 20.5 Å². The topological polar surface area (TPSA) is 70.4 Å². The first-order chi connectivity index (χ1) is 13.4. The molecule has 0 spiro atoms. The summed E-state index contributed by atoms with van der Waals surface area (Å²) >= 11 is 0. The second-order valence-electron chi connectivity index (χ2n) is 5.94. The first kappa shape index (κ1) is 21.3. The minimum Gasteiger partial charge on any atom is -0.357 e. The van der Waals surface area contributed by atoms with Crippen LogP contribution in [0.15, 0.2) is 53.8 Å². The van der Waals surface area contributed by atoms with E-state index >= 15 is 0 Å². The van der Waals surface area contributed by atoms with Crippen molar-refractivity contribution in [3.05, 3.63) is 59.9 Å². The second kappa shape index (κ2) is 10.4. The van der Waals surface area contributed by atoms with E-state index in [9.17, 15) is 18.0 Å². The van der Waals surface area contributed by atoms with E-state index in [0.717, 1.165) is 30.8 Å². The maximum absolute atomic E-state index is 12.5. The number of hydrogen-bond donors (Lipinski definition) is 3. The zero-order valence-corrected chi connectivity index (χ0v) is 15.6. The number of alkyl halides is 3. The van der Waals surface area contributed by atoms with Gasteiger partial charge in [0.2, 0.25) is 0 Å². The van der Waals surface area contributed by atoms with E-state index in [1.165, 1.54) is 0 Å². The number of benzene rings is 1. The van der Waals surface area contributed by atoms with Gasteiger partial charge in [-0.3, -0.25) is 9.79 Å². The molecule has 152 valence electrons. The van der Waals surface area contributed by atoms with Crippen LogP contribution < -0.4 is 16.0 Å². The van der Waals surface area contributed by atoms with Gasteiger partial charge in [0.25, 0.3) is 5.91 Å². The number of aromatic nitrogens is 1. The quantitative estimate of drug-likeness (QED) is 0.365. The van der Waals surface area contributed by atoms with Gasteiger partial charge in [0.1, 0.15) is 0 Å². The molecule has 3 N–H and O–H groups in total. The Morgan fingerprint density at radius 2 is 1.71 bits per heavy atom. The lowest BCUT2D eigenvalue weighted by Gasteiger charge is -2.12. The van der Waals surface area contributed by atoms with Gasteiger partial charge in [-0.2, -0.15) is 13.2 Å². The number of carbonyl (C=O) groups is 1. The molecule has 0 saturated carbocycles. The van der Waals surface area contributed by atoms with Crippen LogP contribution in [0.25, 0.3) is 0 Å². The summed E-state index contributed by atoms with van der Waals surface area (Å²) in [5, 5.41) is 8.96. The molecule has 1 amide bonds. The summed E-state index contributed by atoms with van der Waals surface area (Å²) in [5.41, 5.74) is -0.608. The predicted molar refractivity (Wildman–Crippen MR) is 102 cm³/mol. The number of nitrogens with zero attached hydrogens (tertiary/aromatic N) is 2. The molecule has 1 aromatic carbocycles. The first-order valence-corrected chi connectivity index (χ1v) is 8.98. The van der Waals surface area contributed by atoms with Crippen LogP contribution in [0.1, 0.15) is 22.8 Å². The minimum absolute atomic E-state index is 0.175. The van der Waals surface area contributed by atoms with Crippen molar-refractivity contribution in [3.8, 4) is 0 Å². The Kier molecular flexibility index (Phi) is 7.91. The van der Waals surface area contributed by atoms with Crippen molar-refractivity contribution in [2.24, 2.45) is 4.99 Å². The lowest BCUT2D eigenvalue weighted by molar-refractivity contribution is -0.137. The van der Waals surface area contributed by atoms with Crippen molar-refractivity contribution in [1.29, 1.82) is 0 Å². The van der Waals surface area contributed by atoms with Gasteiger partial charge in [0.15, 0.2) is 5.96 Å². The van der Waals surface area contributed by atoms with Crippen LogP contribution >= 0.6 is 0 Å². The number of nitrogens with one attached hydrogen (secondary N) is 3. The normalized spacial score (nSPS) is 11.9. The van der Waals surface area contributed by atoms with Crippen LogP contribution in [0, 0.1) is 0 Å². The molecule has 0 aliphatic carbocycles. The third-order valence-electron chi connectivity index (χ3n) is 3.81. The summed E-state index contributed by atoms with van der Waals surface area (Å²) in [5.74, 6) is 0.202. The van der Waals surface area contributed by atoms with Crippen molar-refractivity contribution < 1.29 is 18.0 Å². The maximum Gasteiger partial charge on any atom is 0.416 e. The highest BCUT2D eigenvalue weighted by Crippen LogP contribution is 2.28. The highest BCUT2D eigenvalue weighted by atomic mass is 19.4. The van der Waals surface area contributed by atoms with Crippen molar-refractivity contribution >= 4 is 11.9 Å². The molecule has 0 unspecified atom stereocenters. The van der Waals surface area contributed by atoms with Gasteiger partial charge in [-0.1, -0.05) is 0 Å². The largest absolute Gasteiger partial charge is 0.416 e. The SMILES string of the molecule is CCNC(=NCCNC(=O)c1ccc(C(F)(F)F)cc1)NCCn1cccc1. The van der Waals surface area contributed by atoms with Crippen LogP contribution in [0.2, 0.25) is 0 Å². The average Bonchev–Trinajstić information content (AvgIpc) is 3.18. The zero-order chi connectivity index (χ0) is 20.4. The highest BCUT2D eigenvalue weighted by Gasteiger charge is 2.30. The van der Waals surface area contributed by atoms with Crippen LogP contribution in [0.5, 0.6) is 0 Å². The molecule has 0 radical (unpaired) electrons. The molecule has 0 saturated heterocycles. The maximum atomic E-state index is 12.5. The Morgan fingerprint density at radius 3 is 2.32 bits per heavy atom. The Hall–Kier alpha value is -2.97. The Balaban J connectivity index is 1.76. The third-order valence-corrected chi connectivity index (χ3v) is 3.81. The van der Waals surface area contributed by atoms with Crippen molar-refractivity contribution in [3.63, 3.8) is 0 Å². The van der Waals surface area contributed by atoms with E-state index in [1.54, 1.807) is 0 Å². The van der Waals surface area contributed by atoms with E-state index in [0.29, 0.717) is 25.6 Å². The number of rotatable bonds is 8. The number of hydrogen-bond acceptors (Lipinski definition) is 2. The minimum atomic E-state index is -4.42. The van der Waals surface area contributed by atoms with Crippen LogP contribution in [-0.2, 0) is 12.7 Å². The van der Waals surface area contributed by atoms with Gasteiger partial charge >= 0.3 is 6.18 Å². The molecule has 0 atom stereocenters. The molecule has 0 bridgehead atoms. The van der Waals surface area contributed by atoms with Crippen LogP contribution in [-0.4, -0.2) is 42.6 Å². The lowest BCUT2D eigenvalue weighted by Crippen LogP contribution is -2.39. The van der Waals surface area contributed by atoms with E-state index in [1.807, 2.05) is 36.0 Å². The zero-order valence-electron chi connectivity index (χ0n) is 15.6. The van der Waals surface area contributed by atoms with Gasteiger partial charge in [0, 0.05) is 44.1 Å². The molecule has 6 nitrogen and oxygen atoms in total. The number of carbonyl (C=O) groups excluding carboxylic acids is 1. The Bertz CT molecular complexity index is 755. The van der Waals surface area contributed by atoms with Gasteiger partial charge in [0.05, 0.1) is 12.1 Å². The molecule has 2 rings (SSSR count). The van der Waals surface area contributed by atoms with Crippen molar-refractivity contribution in [2.75, 3.05) is 26.2 Å². The smallest absolute Gasteiger partial charge is 0.357 e. The van der Waals surface area contributed by atoms with E-state index < -0.39 is 17.6 Å². The van der Waals surface area contributed by atoms with Gasteiger partial charge in [-0.15, -0.1) is 0 Å². The number of guanidine groups is 1. The van der Waals surface area contributed by atoms with Crippen molar-refractivity contribution in [2.45, 2.75) is 19.6 Å². The molecule has 2 aromatic rings. The molecule has 0 aliphatic heterocycles. The Labute approximate surface area is 161 Å². The van der Waals surface area contributed by atoms with E-state index in [2.05, 4.69) is 20.9 Å². The fourth-order valence-electron chi connectivity index (χ4n) is 2.41. The van der Waals surface area contributed by atoms with Crippen LogP contribution in [0.3, 0.4) is 0 Å². The molecular weight excluding hydrogens is 371 g/mol. The summed E-state index contributed by atoms with van der Waals surface area (Å²) in [7, 11) is 0. The van der Waals surface area contributed by atoms with Gasteiger partial charge in [-0.25, -0.2) is 0 Å². The predicted octanol–water partition coefficient (Wildman–Crippen LogP) is 2.49. The molecule has 1 aromatic heterocycles. The monoisotopic (exact) mass is 395 g/mol. The first-order valence-electron chi connectivity index (χ1n) is 8.98. The lowest BCUT2D eigenvalue weighted by atomic mass is 10.1. The van der Waals surface area contributed by atoms with Gasteiger partial charge < -0.3 is 20.5 Å². The third kappa shape index (κ3) is 6.98. The number of amides is 1. The van der Waals surface area contributed by atoms with Gasteiger partial charge in [-0.05, 0) is 43.3 Å². The molecule has 0 fully saturated rings. The number of halogens is 3. The van der Waals surface area contributed by atoms with E-state index in [-0.39, 0.29) is 12.1 Å². The standard InChI is InChI=1S/C19H24F3N5O/c1-2-23-18(26-11-14-27-12-3-4-13-27)25-10-9-24-17(28)15-5-7-16(8-6-15)19(20,21)22/h3-8,12-13H,2,9-11,14H2,1H3,(H,24,28)(H2,23,25,26). The summed E-state index contributed by atoms with van der Waals surface area (Å²) < 4.78 is 39.7. The summed E-state index contributed by atoms with van der Waals surface area (Å²) in [4.78, 5) is 16.4. The molecule has 9 heteroatoms.